The minimum Gasteiger partial charge on any atom is -0.288 e. The van der Waals surface area contributed by atoms with Crippen LogP contribution in [0.5, 0.6) is 0 Å². The molecule has 0 fully saturated rings. The van der Waals surface area contributed by atoms with E-state index < -0.39 is 5.91 Å². The van der Waals surface area contributed by atoms with Gasteiger partial charge in [-0.1, -0.05) is 66.8 Å². The van der Waals surface area contributed by atoms with Crippen LogP contribution in [0.2, 0.25) is 0 Å². The van der Waals surface area contributed by atoms with Gasteiger partial charge in [0.1, 0.15) is 0 Å². The van der Waals surface area contributed by atoms with Crippen molar-refractivity contribution >= 4 is 12.0 Å². The third-order valence-electron chi connectivity index (χ3n) is 2.75. The highest BCUT2D eigenvalue weighted by Crippen LogP contribution is 2.20. The third-order valence-corrected chi connectivity index (χ3v) is 2.75. The van der Waals surface area contributed by atoms with Crippen LogP contribution in [0, 0.1) is 0 Å². The summed E-state index contributed by atoms with van der Waals surface area (Å²) in [5.41, 5.74) is 4.88. The molecule has 3 nitrogen and oxygen atoms in total. The molecule has 0 aromatic heterocycles. The Labute approximate surface area is 117 Å². The van der Waals surface area contributed by atoms with Crippen LogP contribution in [0.4, 0.5) is 0 Å². The maximum absolute atomic E-state index is 10.8. The second-order valence-corrected chi connectivity index (χ2v) is 4.19. The van der Waals surface area contributed by atoms with Gasteiger partial charge in [-0.05, 0) is 22.8 Å². The van der Waals surface area contributed by atoms with Crippen LogP contribution in [0.15, 0.2) is 72.8 Å². The van der Waals surface area contributed by atoms with Crippen molar-refractivity contribution in [3.63, 3.8) is 0 Å². The number of benzene rings is 2. The van der Waals surface area contributed by atoms with Gasteiger partial charge in [-0.3, -0.25) is 10.0 Å². The van der Waals surface area contributed by atoms with Crippen molar-refractivity contribution in [2.75, 3.05) is 0 Å². The van der Waals surface area contributed by atoms with Gasteiger partial charge < -0.3 is 0 Å². The molecular formula is C17H15NO2. The lowest BCUT2D eigenvalue weighted by atomic mass is 10.0. The summed E-state index contributed by atoms with van der Waals surface area (Å²) >= 11 is 0. The summed E-state index contributed by atoms with van der Waals surface area (Å²) in [6.45, 7) is 0. The van der Waals surface area contributed by atoms with Crippen LogP contribution in [0.25, 0.3) is 17.2 Å². The fourth-order valence-electron chi connectivity index (χ4n) is 1.80. The molecule has 0 unspecified atom stereocenters. The molecule has 0 aliphatic carbocycles. The Kier molecular flexibility index (Phi) is 4.87. The number of nitrogens with one attached hydrogen (secondary N) is 1. The zero-order valence-electron chi connectivity index (χ0n) is 10.9. The molecule has 0 radical (unpaired) electrons. The number of carbonyl (C=O) groups excluding carboxylic acids is 1. The second-order valence-electron chi connectivity index (χ2n) is 4.19. The predicted octanol–water partition coefficient (Wildman–Crippen LogP) is 3.43. The van der Waals surface area contributed by atoms with E-state index in [0.29, 0.717) is 0 Å². The summed E-state index contributed by atoms with van der Waals surface area (Å²) in [4.78, 5) is 10.8. The van der Waals surface area contributed by atoms with Crippen molar-refractivity contribution < 1.29 is 10.0 Å². The molecule has 0 spiro atoms. The molecule has 1 amide bonds. The Balaban J connectivity index is 2.13. The van der Waals surface area contributed by atoms with Gasteiger partial charge in [0.15, 0.2) is 0 Å². The topological polar surface area (TPSA) is 49.3 Å². The number of carbonyl (C=O) groups is 1. The summed E-state index contributed by atoms with van der Waals surface area (Å²) in [6.07, 6.45) is 6.46. The number of allylic oxidation sites excluding steroid dienone is 2. The zero-order chi connectivity index (χ0) is 14.2. The van der Waals surface area contributed by atoms with Crippen molar-refractivity contribution in [1.82, 2.24) is 5.48 Å². The van der Waals surface area contributed by atoms with Crippen LogP contribution < -0.4 is 5.48 Å². The van der Waals surface area contributed by atoms with Gasteiger partial charge in [0.2, 0.25) is 0 Å². The molecule has 0 aliphatic rings. The van der Waals surface area contributed by atoms with Crippen LogP contribution >= 0.6 is 0 Å². The molecule has 0 aliphatic heterocycles. The van der Waals surface area contributed by atoms with E-state index >= 15 is 0 Å². The highest BCUT2D eigenvalue weighted by atomic mass is 16.5. The van der Waals surface area contributed by atoms with Crippen LogP contribution in [-0.2, 0) is 4.79 Å². The first-order chi connectivity index (χ1) is 9.79. The van der Waals surface area contributed by atoms with Gasteiger partial charge in [0, 0.05) is 6.08 Å². The van der Waals surface area contributed by atoms with Crippen LogP contribution in [0.1, 0.15) is 5.56 Å². The molecule has 0 bridgehead atoms. The molecule has 2 aromatic carbocycles. The van der Waals surface area contributed by atoms with Gasteiger partial charge in [0.05, 0.1) is 0 Å². The molecule has 20 heavy (non-hydrogen) atoms. The Morgan fingerprint density at radius 3 is 2.45 bits per heavy atom. The SMILES string of the molecule is O=C(/C=C/C=C/c1cccc(-c2ccccc2)c1)NO. The first-order valence-corrected chi connectivity index (χ1v) is 6.24. The van der Waals surface area contributed by atoms with Crippen molar-refractivity contribution in [2.45, 2.75) is 0 Å². The number of hydrogen-bond donors (Lipinski definition) is 2. The van der Waals surface area contributed by atoms with Gasteiger partial charge in [-0.2, -0.15) is 0 Å². The number of hydroxylamine groups is 1. The minimum atomic E-state index is -0.548. The molecule has 3 heteroatoms. The van der Waals surface area contributed by atoms with Crippen molar-refractivity contribution in [2.24, 2.45) is 0 Å². The molecule has 0 saturated heterocycles. The molecule has 2 N–H and O–H groups in total. The molecule has 0 atom stereocenters. The van der Waals surface area contributed by atoms with E-state index in [4.69, 9.17) is 5.21 Å². The zero-order valence-corrected chi connectivity index (χ0v) is 10.9. The average Bonchev–Trinajstić information content (AvgIpc) is 2.52. The van der Waals surface area contributed by atoms with Crippen molar-refractivity contribution in [3.05, 3.63) is 78.4 Å². The molecule has 100 valence electrons. The highest BCUT2D eigenvalue weighted by Gasteiger charge is 1.96. The fraction of sp³-hybridized carbons (Fsp3) is 0. The first-order valence-electron chi connectivity index (χ1n) is 6.24. The Hall–Kier alpha value is -2.65. The highest BCUT2D eigenvalue weighted by molar-refractivity contribution is 5.86. The van der Waals surface area contributed by atoms with E-state index in [2.05, 4.69) is 24.3 Å². The Morgan fingerprint density at radius 1 is 0.950 bits per heavy atom. The average molecular weight is 265 g/mol. The Bertz CT molecular complexity index is 630. The second kappa shape index (κ2) is 7.07. The summed E-state index contributed by atoms with van der Waals surface area (Å²) in [7, 11) is 0. The normalized spacial score (nSPS) is 11.1. The summed E-state index contributed by atoms with van der Waals surface area (Å²) in [6, 6.07) is 18.2. The summed E-state index contributed by atoms with van der Waals surface area (Å²) in [5.74, 6) is -0.548. The number of rotatable bonds is 4. The largest absolute Gasteiger partial charge is 0.288 e. The van der Waals surface area contributed by atoms with E-state index in [1.165, 1.54) is 11.6 Å². The van der Waals surface area contributed by atoms with Gasteiger partial charge in [-0.25, -0.2) is 5.48 Å². The van der Waals surface area contributed by atoms with E-state index in [1.807, 2.05) is 36.4 Å². The molecular weight excluding hydrogens is 250 g/mol. The van der Waals surface area contributed by atoms with Gasteiger partial charge >= 0.3 is 0 Å². The van der Waals surface area contributed by atoms with Gasteiger partial charge in [0.25, 0.3) is 5.91 Å². The number of amides is 1. The van der Waals surface area contributed by atoms with Crippen LogP contribution in [-0.4, -0.2) is 11.1 Å². The predicted molar refractivity (Wildman–Crippen MR) is 80.0 cm³/mol. The number of hydrogen-bond acceptors (Lipinski definition) is 2. The maximum Gasteiger partial charge on any atom is 0.267 e. The van der Waals surface area contributed by atoms with E-state index in [-0.39, 0.29) is 0 Å². The maximum atomic E-state index is 10.8. The van der Waals surface area contributed by atoms with Crippen LogP contribution in [0.3, 0.4) is 0 Å². The summed E-state index contributed by atoms with van der Waals surface area (Å²) < 4.78 is 0. The minimum absolute atomic E-state index is 0.548. The quantitative estimate of drug-likeness (QED) is 0.385. The summed E-state index contributed by atoms with van der Waals surface area (Å²) in [5, 5.41) is 8.34. The van der Waals surface area contributed by atoms with Gasteiger partial charge in [-0.15, -0.1) is 0 Å². The standard InChI is InChI=1S/C17H15NO2/c19-17(18-20)12-5-4-7-14-8-6-11-16(13-14)15-9-2-1-3-10-15/h1-13,20H,(H,18,19)/b7-4+,12-5+. The van der Waals surface area contributed by atoms with E-state index in [0.717, 1.165) is 16.7 Å². The van der Waals surface area contributed by atoms with E-state index in [1.54, 1.807) is 12.2 Å². The van der Waals surface area contributed by atoms with E-state index in [9.17, 15) is 4.79 Å². The fourth-order valence-corrected chi connectivity index (χ4v) is 1.80. The third kappa shape index (κ3) is 3.93. The Morgan fingerprint density at radius 2 is 1.70 bits per heavy atom. The lowest BCUT2D eigenvalue weighted by Crippen LogP contribution is -2.14. The first kappa shape index (κ1) is 13.8. The molecule has 2 rings (SSSR count). The molecule has 0 saturated carbocycles. The monoisotopic (exact) mass is 265 g/mol. The molecule has 0 heterocycles. The van der Waals surface area contributed by atoms with Crippen molar-refractivity contribution in [1.29, 1.82) is 0 Å². The van der Waals surface area contributed by atoms with Crippen molar-refractivity contribution in [3.8, 4) is 11.1 Å². The molecule has 2 aromatic rings. The lowest BCUT2D eigenvalue weighted by molar-refractivity contribution is -0.124. The smallest absolute Gasteiger partial charge is 0.267 e. The lowest BCUT2D eigenvalue weighted by Gasteiger charge is -2.02.